The average Bonchev–Trinajstić information content (AvgIpc) is 2.80. The zero-order valence-electron chi connectivity index (χ0n) is 19.5. The highest BCUT2D eigenvalue weighted by atomic mass is 35.5. The smallest absolute Gasteiger partial charge is 0.260 e. The summed E-state index contributed by atoms with van der Waals surface area (Å²) in [6, 6.07) is 13.6. The van der Waals surface area contributed by atoms with E-state index in [0.717, 1.165) is 18.1 Å². The van der Waals surface area contributed by atoms with Gasteiger partial charge in [-0.3, -0.25) is 4.79 Å². The second-order valence-corrected chi connectivity index (χ2v) is 14.8. The maximum atomic E-state index is 14.8. The number of hydrogen-bond donors (Lipinski definition) is 0. The van der Waals surface area contributed by atoms with E-state index in [4.69, 9.17) is 11.6 Å². The van der Waals surface area contributed by atoms with E-state index in [1.54, 1.807) is 12.1 Å². The molecule has 8 heteroatoms. The molecule has 0 aliphatic carbocycles. The van der Waals surface area contributed by atoms with Crippen molar-refractivity contribution in [2.45, 2.75) is 39.5 Å². The number of carbonyl (C=O) groups excluding carboxylic acids is 1. The largest absolute Gasteiger partial charge is 0.334 e. The summed E-state index contributed by atoms with van der Waals surface area (Å²) in [6.45, 7) is 7.93. The van der Waals surface area contributed by atoms with Crippen molar-refractivity contribution in [2.75, 3.05) is 6.54 Å². The van der Waals surface area contributed by atoms with Crippen LogP contribution in [0, 0.1) is 30.2 Å². The molecule has 34 heavy (non-hydrogen) atoms. The lowest BCUT2D eigenvalue weighted by Gasteiger charge is -2.25. The Hall–Kier alpha value is -2.64. The van der Waals surface area contributed by atoms with Gasteiger partial charge < -0.3 is 4.90 Å². The minimum atomic E-state index is -1.53. The molecule has 3 aromatic rings. The zero-order chi connectivity index (χ0) is 25.2. The van der Waals surface area contributed by atoms with Crippen molar-refractivity contribution in [3.8, 4) is 0 Å². The number of halogens is 5. The quantitative estimate of drug-likeness (QED) is 0.152. The van der Waals surface area contributed by atoms with Crippen molar-refractivity contribution in [2.24, 2.45) is 0 Å². The predicted molar refractivity (Wildman–Crippen MR) is 130 cm³/mol. The lowest BCUT2D eigenvalue weighted by molar-refractivity contribution is 0.0734. The van der Waals surface area contributed by atoms with Crippen LogP contribution in [0.3, 0.4) is 0 Å². The third-order valence-electron chi connectivity index (χ3n) is 5.76. The molecule has 0 aliphatic rings. The van der Waals surface area contributed by atoms with E-state index >= 15 is 0 Å². The normalized spacial score (nSPS) is 11.6. The van der Waals surface area contributed by atoms with Crippen LogP contribution in [0.2, 0.25) is 24.7 Å². The van der Waals surface area contributed by atoms with Gasteiger partial charge in [-0.2, -0.15) is 0 Å². The minimum Gasteiger partial charge on any atom is -0.334 e. The monoisotopic (exact) mass is 507 g/mol. The third kappa shape index (κ3) is 5.70. The number of carbonyl (C=O) groups is 1. The molecular formula is C26H26ClF4NOSi. The average molecular weight is 508 g/mol. The van der Waals surface area contributed by atoms with Crippen LogP contribution in [0.5, 0.6) is 0 Å². The number of benzene rings is 3. The van der Waals surface area contributed by atoms with Crippen molar-refractivity contribution in [3.05, 3.63) is 99.1 Å². The standard InChI is InChI=1S/C26H26ClF4NOSi/c1-16-23(29)21(25(31)22(27)24(16)30)26(33)32(14-13-17-5-9-19(28)10-6-17)15-18-7-11-20(12-8-18)34(2,3)4/h5-12H,13-15H2,1-4H3. The van der Waals surface area contributed by atoms with Crippen molar-refractivity contribution in [1.82, 2.24) is 4.90 Å². The molecule has 3 aromatic carbocycles. The van der Waals surface area contributed by atoms with Gasteiger partial charge in [0.15, 0.2) is 11.6 Å². The Morgan fingerprint density at radius 3 is 1.97 bits per heavy atom. The highest BCUT2D eigenvalue weighted by molar-refractivity contribution is 6.88. The van der Waals surface area contributed by atoms with Crippen LogP contribution in [0.1, 0.15) is 27.0 Å². The molecule has 0 atom stereocenters. The summed E-state index contributed by atoms with van der Waals surface area (Å²) in [5.41, 5.74) is 0.122. The van der Waals surface area contributed by atoms with E-state index in [2.05, 4.69) is 19.6 Å². The molecule has 0 N–H and O–H groups in total. The molecule has 2 nitrogen and oxygen atoms in total. The van der Waals surface area contributed by atoms with Gasteiger partial charge in [0, 0.05) is 18.7 Å². The van der Waals surface area contributed by atoms with Crippen molar-refractivity contribution >= 4 is 30.8 Å². The summed E-state index contributed by atoms with van der Waals surface area (Å²) in [4.78, 5) is 14.6. The topological polar surface area (TPSA) is 20.3 Å². The molecule has 0 spiro atoms. The van der Waals surface area contributed by atoms with Gasteiger partial charge in [-0.1, -0.05) is 72.8 Å². The van der Waals surface area contributed by atoms with Gasteiger partial charge in [0.05, 0.1) is 8.07 Å². The van der Waals surface area contributed by atoms with Gasteiger partial charge in [0.1, 0.15) is 22.2 Å². The zero-order valence-corrected chi connectivity index (χ0v) is 21.2. The molecule has 0 radical (unpaired) electrons. The van der Waals surface area contributed by atoms with Gasteiger partial charge in [0.2, 0.25) is 0 Å². The SMILES string of the molecule is Cc1c(F)c(Cl)c(F)c(C(=O)N(CCc2ccc(F)cc2)Cc2ccc([Si](C)(C)C)cc2)c1F. The van der Waals surface area contributed by atoms with Crippen LogP contribution < -0.4 is 5.19 Å². The van der Waals surface area contributed by atoms with E-state index < -0.39 is 47.6 Å². The Bertz CT molecular complexity index is 1160. The fourth-order valence-corrected chi connectivity index (χ4v) is 5.00. The summed E-state index contributed by atoms with van der Waals surface area (Å²) >= 11 is 5.70. The van der Waals surface area contributed by atoms with Crippen LogP contribution in [0.25, 0.3) is 0 Å². The lowest BCUT2D eigenvalue weighted by Crippen LogP contribution is -2.37. The first kappa shape index (κ1) is 26.0. The van der Waals surface area contributed by atoms with Crippen LogP contribution >= 0.6 is 11.6 Å². The maximum Gasteiger partial charge on any atom is 0.260 e. The Morgan fingerprint density at radius 2 is 1.41 bits per heavy atom. The van der Waals surface area contributed by atoms with Gasteiger partial charge in [0.25, 0.3) is 5.91 Å². The number of amides is 1. The number of rotatable bonds is 7. The van der Waals surface area contributed by atoms with E-state index in [1.165, 1.54) is 22.2 Å². The first-order valence-electron chi connectivity index (χ1n) is 10.9. The third-order valence-corrected chi connectivity index (χ3v) is 8.16. The van der Waals surface area contributed by atoms with Gasteiger partial charge in [-0.25, -0.2) is 17.6 Å². The first-order chi connectivity index (χ1) is 15.9. The van der Waals surface area contributed by atoms with Crippen LogP contribution in [0.4, 0.5) is 17.6 Å². The molecule has 0 saturated carbocycles. The molecule has 0 bridgehead atoms. The van der Waals surface area contributed by atoms with E-state index in [1.807, 2.05) is 24.3 Å². The number of nitrogens with zero attached hydrogens (tertiary/aromatic N) is 1. The van der Waals surface area contributed by atoms with Crippen molar-refractivity contribution in [1.29, 1.82) is 0 Å². The molecular weight excluding hydrogens is 482 g/mol. The lowest BCUT2D eigenvalue weighted by atomic mass is 10.1. The van der Waals surface area contributed by atoms with Crippen LogP contribution in [-0.4, -0.2) is 25.4 Å². The first-order valence-corrected chi connectivity index (χ1v) is 14.7. The van der Waals surface area contributed by atoms with Crippen LogP contribution in [-0.2, 0) is 13.0 Å². The van der Waals surface area contributed by atoms with E-state index in [0.29, 0.717) is 6.42 Å². The van der Waals surface area contributed by atoms with Crippen molar-refractivity contribution < 1.29 is 22.4 Å². The molecule has 0 aromatic heterocycles. The van der Waals surface area contributed by atoms with E-state index in [-0.39, 0.29) is 18.9 Å². The minimum absolute atomic E-state index is 0.0823. The summed E-state index contributed by atoms with van der Waals surface area (Å²) in [6.07, 6.45) is 0.330. The van der Waals surface area contributed by atoms with Gasteiger partial charge in [-0.15, -0.1) is 0 Å². The Morgan fingerprint density at radius 1 is 0.853 bits per heavy atom. The maximum absolute atomic E-state index is 14.8. The molecule has 1 amide bonds. The molecule has 0 heterocycles. The molecule has 3 rings (SSSR count). The van der Waals surface area contributed by atoms with Gasteiger partial charge >= 0.3 is 0 Å². The van der Waals surface area contributed by atoms with Gasteiger partial charge in [-0.05, 0) is 36.6 Å². The summed E-state index contributed by atoms with van der Waals surface area (Å²) in [5.74, 6) is -5.25. The molecule has 0 aliphatic heterocycles. The summed E-state index contributed by atoms with van der Waals surface area (Å²) < 4.78 is 56.8. The summed E-state index contributed by atoms with van der Waals surface area (Å²) in [7, 11) is -1.53. The molecule has 0 unspecified atom stereocenters. The highest BCUT2D eigenvalue weighted by Crippen LogP contribution is 2.29. The molecule has 0 fully saturated rings. The second-order valence-electron chi connectivity index (χ2n) is 9.31. The van der Waals surface area contributed by atoms with Crippen LogP contribution in [0.15, 0.2) is 48.5 Å². The van der Waals surface area contributed by atoms with E-state index in [9.17, 15) is 22.4 Å². The summed E-state index contributed by atoms with van der Waals surface area (Å²) in [5, 5.41) is 0.318. The highest BCUT2D eigenvalue weighted by Gasteiger charge is 2.29. The number of hydrogen-bond acceptors (Lipinski definition) is 1. The second kappa shape index (κ2) is 10.3. The fraction of sp³-hybridized carbons (Fsp3) is 0.269. The molecule has 0 saturated heterocycles. The Kier molecular flexibility index (Phi) is 7.88. The fourth-order valence-electron chi connectivity index (χ4n) is 3.59. The molecule has 180 valence electrons. The predicted octanol–water partition coefficient (Wildman–Crippen LogP) is 6.64. The Labute approximate surface area is 203 Å². The van der Waals surface area contributed by atoms with Crippen molar-refractivity contribution in [3.63, 3.8) is 0 Å². The Balaban J connectivity index is 1.96.